The summed E-state index contributed by atoms with van der Waals surface area (Å²) >= 11 is 0. The molecule has 0 saturated carbocycles. The largest absolute Gasteiger partial charge is 0.336 e. The summed E-state index contributed by atoms with van der Waals surface area (Å²) < 4.78 is 14.6. The number of aromatic nitrogens is 6. The van der Waals surface area contributed by atoms with Crippen LogP contribution in [0.3, 0.4) is 0 Å². The van der Waals surface area contributed by atoms with Crippen LogP contribution in [-0.4, -0.2) is 49.1 Å². The number of amides is 1. The summed E-state index contributed by atoms with van der Waals surface area (Å²) in [4.78, 5) is 29.6. The van der Waals surface area contributed by atoms with E-state index < -0.39 is 0 Å². The van der Waals surface area contributed by atoms with Gasteiger partial charge >= 0.3 is 0 Å². The molecule has 1 aliphatic rings. The number of anilines is 1. The number of carbonyl (C=O) groups excluding carboxylic acids is 1. The molecule has 6 aromatic rings. The van der Waals surface area contributed by atoms with Gasteiger partial charge < -0.3 is 15.6 Å². The summed E-state index contributed by atoms with van der Waals surface area (Å²) in [5.41, 5.74) is 6.10. The van der Waals surface area contributed by atoms with Gasteiger partial charge in [-0.05, 0) is 73.8 Å². The van der Waals surface area contributed by atoms with E-state index in [-0.39, 0.29) is 11.7 Å². The zero-order valence-corrected chi connectivity index (χ0v) is 22.1. The molecule has 1 amide bonds. The molecule has 4 N–H and O–H groups in total. The molecule has 204 valence electrons. The van der Waals surface area contributed by atoms with Gasteiger partial charge in [-0.15, -0.1) is 0 Å². The molecule has 1 saturated heterocycles. The number of H-pyrrole nitrogens is 2. The molecular formula is C31H27FN8O. The third-order valence-corrected chi connectivity index (χ3v) is 7.61. The van der Waals surface area contributed by atoms with Gasteiger partial charge in [-0.1, -0.05) is 18.2 Å². The smallest absolute Gasteiger partial charge is 0.224 e. The molecule has 0 radical (unpaired) electrons. The van der Waals surface area contributed by atoms with Gasteiger partial charge in [-0.3, -0.25) is 19.9 Å². The first-order valence-corrected chi connectivity index (χ1v) is 13.7. The normalized spacial score (nSPS) is 14.1. The molecule has 0 aliphatic carbocycles. The minimum absolute atomic E-state index is 0.0116. The number of carbonyl (C=O) groups is 1. The molecule has 5 heterocycles. The highest BCUT2D eigenvalue weighted by Gasteiger charge is 2.19. The number of pyridine rings is 2. The van der Waals surface area contributed by atoms with Gasteiger partial charge in [-0.25, -0.2) is 9.37 Å². The van der Waals surface area contributed by atoms with E-state index in [1.165, 1.54) is 6.07 Å². The maximum absolute atomic E-state index is 14.6. The maximum atomic E-state index is 14.6. The molecule has 7 rings (SSSR count). The number of benzene rings is 2. The lowest BCUT2D eigenvalue weighted by Gasteiger charge is -2.21. The van der Waals surface area contributed by atoms with Crippen LogP contribution in [-0.2, 0) is 4.79 Å². The van der Waals surface area contributed by atoms with Crippen LogP contribution in [0.5, 0.6) is 0 Å². The molecule has 0 unspecified atom stereocenters. The van der Waals surface area contributed by atoms with Gasteiger partial charge in [0.1, 0.15) is 22.7 Å². The van der Waals surface area contributed by atoms with Crippen LogP contribution in [0.2, 0.25) is 0 Å². The van der Waals surface area contributed by atoms with Gasteiger partial charge in [0.25, 0.3) is 0 Å². The molecule has 1 aliphatic heterocycles. The minimum Gasteiger partial charge on any atom is -0.336 e. The number of aromatic amines is 2. The van der Waals surface area contributed by atoms with E-state index >= 15 is 0 Å². The number of imidazole rings is 1. The first-order valence-electron chi connectivity index (χ1n) is 13.7. The Labute approximate surface area is 234 Å². The first kappa shape index (κ1) is 25.0. The van der Waals surface area contributed by atoms with Crippen LogP contribution < -0.4 is 10.6 Å². The number of halogens is 1. The van der Waals surface area contributed by atoms with E-state index in [0.29, 0.717) is 46.3 Å². The Morgan fingerprint density at radius 1 is 0.976 bits per heavy atom. The first-order chi connectivity index (χ1) is 20.1. The van der Waals surface area contributed by atoms with Crippen molar-refractivity contribution in [1.82, 2.24) is 35.5 Å². The number of rotatable bonds is 6. The van der Waals surface area contributed by atoms with Crippen molar-refractivity contribution in [3.63, 3.8) is 0 Å². The number of hydrogen-bond acceptors (Lipinski definition) is 6. The van der Waals surface area contributed by atoms with Crippen molar-refractivity contribution in [2.45, 2.75) is 19.3 Å². The van der Waals surface area contributed by atoms with Crippen molar-refractivity contribution in [2.75, 3.05) is 18.4 Å². The van der Waals surface area contributed by atoms with Crippen molar-refractivity contribution >= 4 is 33.5 Å². The average molecular weight is 547 g/mol. The lowest BCUT2D eigenvalue weighted by atomic mass is 9.94. The third-order valence-electron chi connectivity index (χ3n) is 7.61. The Bertz CT molecular complexity index is 1890. The van der Waals surface area contributed by atoms with E-state index in [1.54, 1.807) is 36.8 Å². The van der Waals surface area contributed by atoms with E-state index in [2.05, 4.69) is 35.8 Å². The molecule has 0 spiro atoms. The highest BCUT2D eigenvalue weighted by molar-refractivity contribution is 5.98. The standard InChI is InChI=1S/C31H27FN8O/c32-24-4-2-1-3-22(24)28-30-26(9-12-35-28)37-31(38-30)29-23-15-19(5-6-25(23)39-40-29)20-14-21(17-34-16-20)36-27(41)13-18-7-10-33-11-8-18/h1-6,9,12,14-18,33H,7-8,10-11,13H2,(H,36,41)(H,37,38)(H,39,40). The number of hydrogen-bond donors (Lipinski definition) is 4. The van der Waals surface area contributed by atoms with Crippen LogP contribution in [0, 0.1) is 11.7 Å². The van der Waals surface area contributed by atoms with Crippen LogP contribution in [0.4, 0.5) is 10.1 Å². The summed E-state index contributed by atoms with van der Waals surface area (Å²) in [6.45, 7) is 1.93. The number of nitrogens with one attached hydrogen (secondary N) is 4. The molecular weight excluding hydrogens is 519 g/mol. The van der Waals surface area contributed by atoms with Crippen molar-refractivity contribution in [3.05, 3.63) is 79.0 Å². The highest BCUT2D eigenvalue weighted by atomic mass is 19.1. The maximum Gasteiger partial charge on any atom is 0.224 e. The van der Waals surface area contributed by atoms with Gasteiger partial charge in [0.15, 0.2) is 5.82 Å². The summed E-state index contributed by atoms with van der Waals surface area (Å²) in [5, 5.41) is 14.8. The Morgan fingerprint density at radius 3 is 2.73 bits per heavy atom. The summed E-state index contributed by atoms with van der Waals surface area (Å²) in [7, 11) is 0. The molecule has 1 fully saturated rings. The monoisotopic (exact) mass is 546 g/mol. The Kier molecular flexibility index (Phi) is 6.44. The van der Waals surface area contributed by atoms with Gasteiger partial charge in [0.05, 0.1) is 22.9 Å². The van der Waals surface area contributed by atoms with E-state index in [1.807, 2.05) is 30.3 Å². The predicted octanol–water partition coefficient (Wildman–Crippen LogP) is 5.70. The van der Waals surface area contributed by atoms with E-state index in [0.717, 1.165) is 53.5 Å². The Balaban J connectivity index is 1.20. The predicted molar refractivity (Wildman–Crippen MR) is 156 cm³/mol. The van der Waals surface area contributed by atoms with Crippen molar-refractivity contribution in [1.29, 1.82) is 0 Å². The van der Waals surface area contributed by atoms with Crippen LogP contribution >= 0.6 is 0 Å². The molecule has 0 bridgehead atoms. The molecule has 4 aromatic heterocycles. The highest BCUT2D eigenvalue weighted by Crippen LogP contribution is 2.33. The average Bonchev–Trinajstić information content (AvgIpc) is 3.62. The van der Waals surface area contributed by atoms with E-state index in [4.69, 9.17) is 4.98 Å². The Hall–Kier alpha value is -4.96. The zero-order chi connectivity index (χ0) is 27.8. The SMILES string of the molecule is O=C(CC1CCNCC1)Nc1cncc(-c2ccc3[nH]nc(-c4nc5c(-c6ccccc6F)nccc5[nH]4)c3c2)c1. The van der Waals surface area contributed by atoms with E-state index in [9.17, 15) is 9.18 Å². The number of piperidine rings is 1. The second-order valence-electron chi connectivity index (χ2n) is 10.4. The second-order valence-corrected chi connectivity index (χ2v) is 10.4. The summed E-state index contributed by atoms with van der Waals surface area (Å²) in [6, 6.07) is 16.2. The van der Waals surface area contributed by atoms with Gasteiger partial charge in [-0.2, -0.15) is 5.10 Å². The van der Waals surface area contributed by atoms with Crippen LogP contribution in [0.15, 0.2) is 73.2 Å². The minimum atomic E-state index is -0.356. The molecule has 2 aromatic carbocycles. The van der Waals surface area contributed by atoms with Crippen molar-refractivity contribution in [2.24, 2.45) is 5.92 Å². The molecule has 10 heteroatoms. The van der Waals surface area contributed by atoms with Crippen LogP contribution in [0.25, 0.3) is 55.8 Å². The number of nitrogens with zero attached hydrogens (tertiary/aromatic N) is 4. The second kappa shape index (κ2) is 10.5. The molecule has 0 atom stereocenters. The van der Waals surface area contributed by atoms with Gasteiger partial charge in [0, 0.05) is 35.3 Å². The lowest BCUT2D eigenvalue weighted by Crippen LogP contribution is -2.30. The molecule has 41 heavy (non-hydrogen) atoms. The molecule has 9 nitrogen and oxygen atoms in total. The van der Waals surface area contributed by atoms with Crippen molar-refractivity contribution < 1.29 is 9.18 Å². The topological polar surface area (TPSA) is 124 Å². The summed E-state index contributed by atoms with van der Waals surface area (Å²) in [5.74, 6) is 0.611. The van der Waals surface area contributed by atoms with Gasteiger partial charge in [0.2, 0.25) is 5.91 Å². The third kappa shape index (κ3) is 4.93. The quantitative estimate of drug-likeness (QED) is 0.213. The number of fused-ring (bicyclic) bond motifs is 2. The van der Waals surface area contributed by atoms with Crippen molar-refractivity contribution in [3.8, 4) is 33.9 Å². The lowest BCUT2D eigenvalue weighted by molar-refractivity contribution is -0.117. The zero-order valence-electron chi connectivity index (χ0n) is 22.1. The fourth-order valence-electron chi connectivity index (χ4n) is 5.50. The fourth-order valence-corrected chi connectivity index (χ4v) is 5.50. The van der Waals surface area contributed by atoms with Crippen LogP contribution in [0.1, 0.15) is 19.3 Å². The fraction of sp³-hybridized carbons (Fsp3) is 0.194. The summed E-state index contributed by atoms with van der Waals surface area (Å²) in [6.07, 6.45) is 7.63. The Morgan fingerprint density at radius 2 is 1.85 bits per heavy atom.